The van der Waals surface area contributed by atoms with Crippen molar-refractivity contribution in [3.05, 3.63) is 30.1 Å². The van der Waals surface area contributed by atoms with E-state index in [1.54, 1.807) is 18.3 Å². The Morgan fingerprint density at radius 3 is 2.61 bits per heavy atom. The highest BCUT2D eigenvalue weighted by Crippen LogP contribution is 2.32. The first-order valence-corrected chi connectivity index (χ1v) is 5.25. The van der Waals surface area contributed by atoms with Gasteiger partial charge in [0.1, 0.15) is 5.82 Å². The number of imidazole rings is 1. The Labute approximate surface area is 103 Å². The summed E-state index contributed by atoms with van der Waals surface area (Å²) < 4.78 is 33.7. The fourth-order valence-electron chi connectivity index (χ4n) is 1.57. The highest BCUT2D eigenvalue weighted by atomic mass is 19.3. The first-order chi connectivity index (χ1) is 8.60. The topological polar surface area (TPSA) is 47.1 Å². The first kappa shape index (κ1) is 12.3. The van der Waals surface area contributed by atoms with Gasteiger partial charge in [0.25, 0.3) is 0 Å². The van der Waals surface area contributed by atoms with Crippen molar-refractivity contribution in [3.8, 4) is 22.9 Å². The summed E-state index contributed by atoms with van der Waals surface area (Å²) in [4.78, 5) is 7.20. The summed E-state index contributed by atoms with van der Waals surface area (Å²) in [6, 6.07) is 4.66. The summed E-state index contributed by atoms with van der Waals surface area (Å²) in [5.74, 6) is 0.885. The maximum absolute atomic E-state index is 12.2. The third-order valence-electron chi connectivity index (χ3n) is 2.36. The van der Waals surface area contributed by atoms with E-state index in [1.807, 2.05) is 6.92 Å². The molecule has 1 N–H and O–H groups in total. The van der Waals surface area contributed by atoms with Gasteiger partial charge in [0.05, 0.1) is 7.11 Å². The molecule has 18 heavy (non-hydrogen) atoms. The second-order valence-corrected chi connectivity index (χ2v) is 3.66. The van der Waals surface area contributed by atoms with Crippen molar-refractivity contribution < 1.29 is 18.3 Å². The Bertz CT molecular complexity index is 541. The van der Waals surface area contributed by atoms with Gasteiger partial charge in [-0.15, -0.1) is 0 Å². The molecule has 0 bridgehead atoms. The van der Waals surface area contributed by atoms with Gasteiger partial charge in [-0.25, -0.2) is 4.98 Å². The molecule has 0 saturated carbocycles. The highest BCUT2D eigenvalue weighted by Gasteiger charge is 2.12. The zero-order chi connectivity index (χ0) is 13.1. The van der Waals surface area contributed by atoms with E-state index in [9.17, 15) is 8.78 Å². The minimum Gasteiger partial charge on any atom is -0.493 e. The molecule has 1 aromatic carbocycles. The third-order valence-corrected chi connectivity index (χ3v) is 2.36. The molecule has 0 aliphatic rings. The number of halogens is 2. The number of aromatic nitrogens is 2. The summed E-state index contributed by atoms with van der Waals surface area (Å²) in [6.07, 6.45) is 1.69. The van der Waals surface area contributed by atoms with Gasteiger partial charge >= 0.3 is 6.61 Å². The Kier molecular flexibility index (Phi) is 3.45. The molecule has 0 aliphatic carbocycles. The average molecular weight is 254 g/mol. The standard InChI is InChI=1S/C12H12F2N2O2/c1-7-6-15-11(16-7)8-3-4-9(18-12(13)14)10(5-8)17-2/h3-6,12H,1-2H3,(H,15,16). The fourth-order valence-corrected chi connectivity index (χ4v) is 1.57. The van der Waals surface area contributed by atoms with Crippen LogP contribution in [0.2, 0.25) is 0 Å². The Morgan fingerprint density at radius 2 is 2.06 bits per heavy atom. The van der Waals surface area contributed by atoms with E-state index in [0.29, 0.717) is 5.82 Å². The van der Waals surface area contributed by atoms with Crippen LogP contribution in [0.15, 0.2) is 24.4 Å². The molecule has 0 saturated heterocycles. The second kappa shape index (κ2) is 5.03. The summed E-state index contributed by atoms with van der Waals surface area (Å²) in [6.45, 7) is -1.00. The van der Waals surface area contributed by atoms with Crippen LogP contribution in [0.5, 0.6) is 11.5 Å². The second-order valence-electron chi connectivity index (χ2n) is 3.66. The van der Waals surface area contributed by atoms with E-state index in [4.69, 9.17) is 4.74 Å². The van der Waals surface area contributed by atoms with Crippen molar-refractivity contribution in [1.29, 1.82) is 0 Å². The molecule has 0 radical (unpaired) electrons. The van der Waals surface area contributed by atoms with Gasteiger partial charge in [-0.3, -0.25) is 0 Å². The first-order valence-electron chi connectivity index (χ1n) is 5.25. The van der Waals surface area contributed by atoms with Gasteiger partial charge in [-0.2, -0.15) is 8.78 Å². The Hall–Kier alpha value is -2.11. The Morgan fingerprint density at radius 1 is 1.28 bits per heavy atom. The number of aromatic amines is 1. The van der Waals surface area contributed by atoms with Crippen molar-refractivity contribution in [2.24, 2.45) is 0 Å². The van der Waals surface area contributed by atoms with Gasteiger partial charge in [0, 0.05) is 17.5 Å². The van der Waals surface area contributed by atoms with E-state index < -0.39 is 6.61 Å². The number of rotatable bonds is 4. The molecule has 0 atom stereocenters. The number of alkyl halides is 2. The molecular weight excluding hydrogens is 242 g/mol. The van der Waals surface area contributed by atoms with Gasteiger partial charge in [-0.05, 0) is 25.1 Å². The number of aryl methyl sites for hydroxylation is 1. The van der Waals surface area contributed by atoms with Crippen LogP contribution in [0.3, 0.4) is 0 Å². The van der Waals surface area contributed by atoms with Crippen molar-refractivity contribution in [1.82, 2.24) is 9.97 Å². The molecule has 0 spiro atoms. The molecule has 0 unspecified atom stereocenters. The minimum atomic E-state index is -2.88. The smallest absolute Gasteiger partial charge is 0.387 e. The lowest BCUT2D eigenvalue weighted by Crippen LogP contribution is -2.03. The van der Waals surface area contributed by atoms with Crippen LogP contribution >= 0.6 is 0 Å². The number of nitrogens with zero attached hydrogens (tertiary/aromatic N) is 1. The van der Waals surface area contributed by atoms with E-state index in [1.165, 1.54) is 13.2 Å². The monoisotopic (exact) mass is 254 g/mol. The minimum absolute atomic E-state index is 0.000437. The van der Waals surface area contributed by atoms with Crippen LogP contribution in [0, 0.1) is 6.92 Å². The predicted molar refractivity (Wildman–Crippen MR) is 61.9 cm³/mol. The number of ether oxygens (including phenoxy) is 2. The molecule has 6 heteroatoms. The summed E-state index contributed by atoms with van der Waals surface area (Å²) >= 11 is 0. The van der Waals surface area contributed by atoms with Crippen LogP contribution in [0.25, 0.3) is 11.4 Å². The normalized spacial score (nSPS) is 10.7. The number of nitrogens with one attached hydrogen (secondary N) is 1. The van der Waals surface area contributed by atoms with Crippen molar-refractivity contribution in [2.45, 2.75) is 13.5 Å². The number of H-pyrrole nitrogens is 1. The van der Waals surface area contributed by atoms with Gasteiger partial charge in [0.2, 0.25) is 0 Å². The van der Waals surface area contributed by atoms with E-state index in [0.717, 1.165) is 11.3 Å². The number of hydrogen-bond acceptors (Lipinski definition) is 3. The largest absolute Gasteiger partial charge is 0.493 e. The molecule has 4 nitrogen and oxygen atoms in total. The number of methoxy groups -OCH3 is 1. The number of hydrogen-bond donors (Lipinski definition) is 1. The van der Waals surface area contributed by atoms with Crippen LogP contribution < -0.4 is 9.47 Å². The lowest BCUT2D eigenvalue weighted by atomic mass is 10.2. The van der Waals surface area contributed by atoms with E-state index >= 15 is 0 Å². The molecule has 1 aromatic heterocycles. The SMILES string of the molecule is COc1cc(-c2ncc(C)[nH]2)ccc1OC(F)F. The van der Waals surface area contributed by atoms with E-state index in [2.05, 4.69) is 14.7 Å². The van der Waals surface area contributed by atoms with Crippen molar-refractivity contribution in [2.75, 3.05) is 7.11 Å². The number of benzene rings is 1. The molecule has 2 aromatic rings. The third kappa shape index (κ3) is 2.58. The summed E-state index contributed by atoms with van der Waals surface area (Å²) in [5, 5.41) is 0. The van der Waals surface area contributed by atoms with Gasteiger partial charge < -0.3 is 14.5 Å². The molecule has 1 heterocycles. The highest BCUT2D eigenvalue weighted by molar-refractivity contribution is 5.61. The molecule has 0 aliphatic heterocycles. The molecule has 0 fully saturated rings. The summed E-state index contributed by atoms with van der Waals surface area (Å²) in [7, 11) is 1.39. The van der Waals surface area contributed by atoms with Crippen molar-refractivity contribution >= 4 is 0 Å². The predicted octanol–water partition coefficient (Wildman–Crippen LogP) is 3.00. The van der Waals surface area contributed by atoms with Crippen LogP contribution in [0.4, 0.5) is 8.78 Å². The van der Waals surface area contributed by atoms with Crippen LogP contribution in [-0.4, -0.2) is 23.7 Å². The van der Waals surface area contributed by atoms with Gasteiger partial charge in [-0.1, -0.05) is 0 Å². The maximum atomic E-state index is 12.2. The zero-order valence-electron chi connectivity index (χ0n) is 9.91. The zero-order valence-corrected chi connectivity index (χ0v) is 9.91. The summed E-state index contributed by atoms with van der Waals surface area (Å²) in [5.41, 5.74) is 1.65. The molecule has 2 rings (SSSR count). The molecule has 0 amide bonds. The van der Waals surface area contributed by atoms with Crippen molar-refractivity contribution in [3.63, 3.8) is 0 Å². The van der Waals surface area contributed by atoms with Crippen LogP contribution in [0.1, 0.15) is 5.69 Å². The Balaban J connectivity index is 2.35. The fraction of sp³-hybridized carbons (Fsp3) is 0.250. The average Bonchev–Trinajstić information content (AvgIpc) is 2.75. The van der Waals surface area contributed by atoms with Gasteiger partial charge in [0.15, 0.2) is 11.5 Å². The molecular formula is C12H12F2N2O2. The molecule has 96 valence electrons. The lowest BCUT2D eigenvalue weighted by Gasteiger charge is -2.10. The maximum Gasteiger partial charge on any atom is 0.387 e. The quantitative estimate of drug-likeness (QED) is 0.912. The lowest BCUT2D eigenvalue weighted by molar-refractivity contribution is -0.0512. The van der Waals surface area contributed by atoms with E-state index in [-0.39, 0.29) is 11.5 Å². The van der Waals surface area contributed by atoms with Crippen LogP contribution in [-0.2, 0) is 0 Å².